The largest absolute Gasteiger partial charge is 0.496 e. The van der Waals surface area contributed by atoms with Crippen LogP contribution in [0.2, 0.25) is 0 Å². The summed E-state index contributed by atoms with van der Waals surface area (Å²) in [6, 6.07) is 6.70. The van der Waals surface area contributed by atoms with Crippen LogP contribution in [0.3, 0.4) is 0 Å². The summed E-state index contributed by atoms with van der Waals surface area (Å²) in [5, 5.41) is 9.20. The zero-order chi connectivity index (χ0) is 24.9. The second-order valence-corrected chi connectivity index (χ2v) is 10.5. The molecule has 13 heteroatoms. The Bertz CT molecular complexity index is 1220. The lowest BCUT2D eigenvalue weighted by atomic mass is 10.0. The predicted molar refractivity (Wildman–Crippen MR) is 115 cm³/mol. The van der Waals surface area contributed by atoms with Gasteiger partial charge in [-0.25, -0.2) is 13.4 Å². The molecule has 0 bridgehead atoms. The highest BCUT2D eigenvalue weighted by Gasteiger charge is 2.54. The minimum Gasteiger partial charge on any atom is -0.496 e. The molecular weight excluding hydrogens is 485 g/mol. The Hall–Kier alpha value is -2.80. The van der Waals surface area contributed by atoms with Gasteiger partial charge in [-0.3, -0.25) is 4.79 Å². The number of thiophene rings is 1. The summed E-state index contributed by atoms with van der Waals surface area (Å²) in [5.41, 5.74) is -2.59. The summed E-state index contributed by atoms with van der Waals surface area (Å²) < 4.78 is 73.7. The molecule has 1 aromatic carbocycles. The van der Waals surface area contributed by atoms with Crippen molar-refractivity contribution in [1.29, 1.82) is 0 Å². The summed E-state index contributed by atoms with van der Waals surface area (Å²) >= 11 is 0.145. The number of ether oxygens (including phenoxy) is 1. The first kappa shape index (κ1) is 24.8. The molecule has 1 aromatic heterocycles. The number of carbonyl (C=O) groups excluding carboxylic acids is 1. The van der Waals surface area contributed by atoms with Crippen molar-refractivity contribution in [3.8, 4) is 5.75 Å². The summed E-state index contributed by atoms with van der Waals surface area (Å²) in [6.07, 6.45) is -4.78. The third-order valence-corrected chi connectivity index (χ3v) is 8.81. The summed E-state index contributed by atoms with van der Waals surface area (Å²) in [5.74, 6) is -2.49. The maximum Gasteiger partial charge on any atom is 0.425 e. The van der Waals surface area contributed by atoms with Crippen molar-refractivity contribution >= 4 is 38.4 Å². The van der Waals surface area contributed by atoms with Crippen molar-refractivity contribution in [2.75, 3.05) is 18.0 Å². The molecule has 1 aliphatic rings. The molecule has 0 aliphatic carbocycles. The lowest BCUT2D eigenvalue weighted by molar-refractivity contribution is -0.145. The van der Waals surface area contributed by atoms with Crippen LogP contribution in [0.1, 0.15) is 40.2 Å². The number of nitrogens with zero attached hydrogens (tertiary/aromatic N) is 2. The fourth-order valence-electron chi connectivity index (χ4n) is 3.58. The molecule has 0 radical (unpaired) electrons. The van der Waals surface area contributed by atoms with Crippen LogP contribution in [-0.2, 0) is 27.6 Å². The minimum atomic E-state index is -4.83. The summed E-state index contributed by atoms with van der Waals surface area (Å²) in [6.45, 7) is 2.73. The number of anilines is 1. The molecule has 0 fully saturated rings. The predicted octanol–water partition coefficient (Wildman–Crippen LogP) is 3.70. The van der Waals surface area contributed by atoms with Crippen LogP contribution in [-0.4, -0.2) is 48.9 Å². The number of hydrogen-bond donors (Lipinski definition) is 1. The van der Waals surface area contributed by atoms with Crippen LogP contribution < -0.4 is 9.04 Å². The van der Waals surface area contributed by atoms with E-state index in [1.54, 1.807) is 24.3 Å². The number of alkyl halides is 3. The van der Waals surface area contributed by atoms with Crippen molar-refractivity contribution in [3.05, 3.63) is 45.8 Å². The van der Waals surface area contributed by atoms with Gasteiger partial charge in [0, 0.05) is 6.54 Å². The number of carboxylic acids is 1. The zero-order valence-corrected chi connectivity index (χ0v) is 19.7. The molecule has 33 heavy (non-hydrogen) atoms. The van der Waals surface area contributed by atoms with Gasteiger partial charge in [-0.1, -0.05) is 18.2 Å². The maximum atomic E-state index is 13.6. The Kier molecular flexibility index (Phi) is 6.17. The molecule has 180 valence electrons. The number of carboxylic acid groups (broad SMARTS) is 1. The van der Waals surface area contributed by atoms with E-state index in [4.69, 9.17) is 4.74 Å². The molecule has 1 amide bonds. The number of halogens is 3. The molecule has 8 nitrogen and oxygen atoms in total. The number of rotatable bonds is 6. The number of methoxy groups -OCH3 is 1. The molecule has 2 heterocycles. The maximum absolute atomic E-state index is 13.6. The third-order valence-electron chi connectivity index (χ3n) is 5.33. The fraction of sp³-hybridized carbons (Fsp3) is 0.400. The van der Waals surface area contributed by atoms with Crippen LogP contribution in [0.25, 0.3) is 0 Å². The second-order valence-electron chi connectivity index (χ2n) is 7.81. The van der Waals surface area contributed by atoms with E-state index >= 15 is 0 Å². The van der Waals surface area contributed by atoms with E-state index in [1.807, 2.05) is 0 Å². The van der Waals surface area contributed by atoms with Gasteiger partial charge in [0.25, 0.3) is 5.91 Å². The number of amides is 1. The van der Waals surface area contributed by atoms with E-state index in [2.05, 4.69) is 0 Å². The molecule has 3 rings (SSSR count). The van der Waals surface area contributed by atoms with Crippen molar-refractivity contribution in [2.24, 2.45) is 0 Å². The Morgan fingerprint density at radius 3 is 2.36 bits per heavy atom. The normalized spacial score (nSPS) is 16.0. The van der Waals surface area contributed by atoms with Gasteiger partial charge in [-0.2, -0.15) is 21.6 Å². The van der Waals surface area contributed by atoms with Gasteiger partial charge in [0.05, 0.1) is 12.7 Å². The summed E-state index contributed by atoms with van der Waals surface area (Å²) in [4.78, 5) is 23.8. The standard InChI is InChI=1S/C20H21F3N2O6S2/c1-11-14-16(26)25(19(2,3)18(27)28)33(29,30)24(17(14)32-15(11)20(21,22)23)10-9-12-7-5-6-8-13(12)31-4/h5-8H,9-10H2,1-4H3,(H,27,28). The number of para-hydroxylation sites is 1. The average molecular weight is 507 g/mol. The smallest absolute Gasteiger partial charge is 0.425 e. The lowest BCUT2D eigenvalue weighted by Crippen LogP contribution is -2.62. The van der Waals surface area contributed by atoms with Gasteiger partial charge >= 0.3 is 22.4 Å². The van der Waals surface area contributed by atoms with Gasteiger partial charge in [0.2, 0.25) is 0 Å². The van der Waals surface area contributed by atoms with Crippen LogP contribution in [0, 0.1) is 6.92 Å². The molecule has 0 saturated carbocycles. The van der Waals surface area contributed by atoms with Crippen molar-refractivity contribution in [1.82, 2.24) is 4.31 Å². The van der Waals surface area contributed by atoms with Crippen LogP contribution in [0.15, 0.2) is 24.3 Å². The quantitative estimate of drug-likeness (QED) is 0.641. The van der Waals surface area contributed by atoms with Crippen molar-refractivity contribution in [3.63, 3.8) is 0 Å². The van der Waals surface area contributed by atoms with Crippen LogP contribution >= 0.6 is 11.3 Å². The molecule has 2 aromatic rings. The van der Waals surface area contributed by atoms with E-state index < -0.39 is 54.8 Å². The van der Waals surface area contributed by atoms with E-state index in [1.165, 1.54) is 7.11 Å². The third kappa shape index (κ3) is 4.03. The van der Waals surface area contributed by atoms with E-state index in [-0.39, 0.29) is 28.6 Å². The molecule has 1 aliphatic heterocycles. The molecular formula is C20H21F3N2O6S2. The van der Waals surface area contributed by atoms with Gasteiger partial charge in [0.15, 0.2) is 5.54 Å². The first-order chi connectivity index (χ1) is 15.2. The number of benzene rings is 1. The van der Waals surface area contributed by atoms with Crippen molar-refractivity contribution < 1.29 is 41.0 Å². The topological polar surface area (TPSA) is 104 Å². The fourth-order valence-corrected chi connectivity index (χ4v) is 6.85. The number of hydrogen-bond acceptors (Lipinski definition) is 6. The Balaban J connectivity index is 2.21. The molecule has 0 saturated heterocycles. The van der Waals surface area contributed by atoms with Crippen LogP contribution in [0.4, 0.5) is 18.2 Å². The SMILES string of the molecule is COc1ccccc1CCN1c2sc(C(F)(F)F)c(C)c2C(=O)N(C(C)(C)C(=O)O)S1(=O)=O. The minimum absolute atomic E-state index is 0.0382. The summed E-state index contributed by atoms with van der Waals surface area (Å²) in [7, 11) is -3.41. The lowest BCUT2D eigenvalue weighted by Gasteiger charge is -2.41. The van der Waals surface area contributed by atoms with Gasteiger partial charge < -0.3 is 9.84 Å². The Labute approximate surface area is 192 Å². The van der Waals surface area contributed by atoms with Crippen LogP contribution in [0.5, 0.6) is 5.75 Å². The molecule has 0 spiro atoms. The van der Waals surface area contributed by atoms with Gasteiger partial charge in [-0.05, 0) is 44.4 Å². The van der Waals surface area contributed by atoms with Crippen molar-refractivity contribution in [2.45, 2.75) is 38.9 Å². The molecule has 0 atom stereocenters. The monoisotopic (exact) mass is 506 g/mol. The van der Waals surface area contributed by atoms with E-state index in [9.17, 15) is 36.3 Å². The molecule has 1 N–H and O–H groups in total. The number of aliphatic carboxylic acids is 1. The highest BCUT2D eigenvalue weighted by Crippen LogP contribution is 2.49. The molecule has 0 unspecified atom stereocenters. The Morgan fingerprint density at radius 1 is 1.21 bits per heavy atom. The highest BCUT2D eigenvalue weighted by atomic mass is 32.2. The van der Waals surface area contributed by atoms with Gasteiger partial charge in [-0.15, -0.1) is 11.3 Å². The zero-order valence-electron chi connectivity index (χ0n) is 18.1. The highest BCUT2D eigenvalue weighted by molar-refractivity contribution is 7.91. The van der Waals surface area contributed by atoms with E-state index in [0.717, 1.165) is 20.8 Å². The average Bonchev–Trinajstić information content (AvgIpc) is 3.04. The first-order valence-corrected chi connectivity index (χ1v) is 11.8. The number of carbonyl (C=O) groups is 2. The second kappa shape index (κ2) is 8.20. The Morgan fingerprint density at radius 2 is 1.82 bits per heavy atom. The number of fused-ring (bicyclic) bond motifs is 1. The first-order valence-electron chi connectivity index (χ1n) is 9.59. The van der Waals surface area contributed by atoms with Gasteiger partial charge in [0.1, 0.15) is 15.6 Å². The van der Waals surface area contributed by atoms with E-state index in [0.29, 0.717) is 15.6 Å².